The molecule has 1 aromatic rings. The van der Waals surface area contributed by atoms with Gasteiger partial charge in [0.15, 0.2) is 10.8 Å². The van der Waals surface area contributed by atoms with Gasteiger partial charge in [-0.3, -0.25) is 14.4 Å². The molecule has 0 radical (unpaired) electrons. The number of thioether (sulfide) groups is 1. The van der Waals surface area contributed by atoms with E-state index in [0.29, 0.717) is 0 Å². The predicted molar refractivity (Wildman–Crippen MR) is 112 cm³/mol. The van der Waals surface area contributed by atoms with Crippen LogP contribution in [0, 0.1) is 5.41 Å². The number of rotatable bonds is 6. The Bertz CT molecular complexity index is 937. The van der Waals surface area contributed by atoms with Crippen molar-refractivity contribution in [2.75, 3.05) is 18.0 Å². The number of thiazole rings is 1. The second-order valence-electron chi connectivity index (χ2n) is 6.38. The molecule has 2 saturated heterocycles. The quantitative estimate of drug-likeness (QED) is 0.170. The minimum atomic E-state index is -1.23. The molecule has 2 amide bonds. The highest BCUT2D eigenvalue weighted by Crippen LogP contribution is 2.42. The van der Waals surface area contributed by atoms with Crippen LogP contribution in [0.3, 0.4) is 0 Å². The monoisotopic (exact) mass is 475 g/mol. The van der Waals surface area contributed by atoms with Crippen molar-refractivity contribution in [3.05, 3.63) is 23.7 Å². The number of carbonyl (C=O) groups excluding carboxylic acids is 3. The van der Waals surface area contributed by atoms with E-state index in [1.165, 1.54) is 28.1 Å². The minimum absolute atomic E-state index is 0. The zero-order chi connectivity index (χ0) is 21.3. The van der Waals surface area contributed by atoms with Crippen LogP contribution in [0.15, 0.2) is 23.2 Å². The second kappa shape index (κ2) is 9.02. The molecule has 3 heterocycles. The third kappa shape index (κ3) is 4.27. The van der Waals surface area contributed by atoms with Crippen LogP contribution in [0.1, 0.15) is 12.6 Å². The first-order chi connectivity index (χ1) is 13.7. The number of hydrogen-bond donors (Lipinski definition) is 3. The van der Waals surface area contributed by atoms with Crippen molar-refractivity contribution < 1.29 is 29.1 Å². The number of aliphatic carboxylic acids is 1. The maximum atomic E-state index is 12.7. The number of hydrogen-bond acceptors (Lipinski definition) is 10. The highest BCUT2D eigenvalue weighted by Gasteiger charge is 2.56. The van der Waals surface area contributed by atoms with Gasteiger partial charge in [-0.15, -0.1) is 42.1 Å². The maximum absolute atomic E-state index is 12.7. The first-order valence-corrected chi connectivity index (χ1v) is 10.2. The van der Waals surface area contributed by atoms with Crippen molar-refractivity contribution in [2.24, 2.45) is 10.6 Å². The first kappa shape index (κ1) is 23.6. The Balaban J connectivity index is 0.00000320. The molecule has 1 aromatic heterocycles. The fraction of sp³-hybridized carbons (Fsp3) is 0.375. The number of nitrogen functional groups attached to an aromatic ring is 1. The van der Waals surface area contributed by atoms with Crippen LogP contribution >= 0.6 is 35.5 Å². The number of nitrogens with zero attached hydrogens (tertiary/aromatic N) is 3. The first-order valence-electron chi connectivity index (χ1n) is 8.25. The number of oxime groups is 1. The summed E-state index contributed by atoms with van der Waals surface area (Å²) in [6, 6.07) is -0.873. The average Bonchev–Trinajstić information content (AvgIpc) is 3.11. The maximum Gasteiger partial charge on any atom is 0.332 e. The molecule has 14 heteroatoms. The van der Waals surface area contributed by atoms with E-state index in [-0.39, 0.29) is 41.2 Å². The molecular formula is C16H18ClN5O6S2. The van der Waals surface area contributed by atoms with Crippen LogP contribution in [0.2, 0.25) is 0 Å². The lowest BCUT2D eigenvalue weighted by Crippen LogP contribution is -2.73. The van der Waals surface area contributed by atoms with Crippen molar-refractivity contribution in [1.29, 1.82) is 0 Å². The molecule has 4 N–H and O–H groups in total. The molecule has 2 aliphatic heterocycles. The summed E-state index contributed by atoms with van der Waals surface area (Å²) in [5.74, 6) is -2.78. The summed E-state index contributed by atoms with van der Waals surface area (Å²) in [4.78, 5) is 57.7. The van der Waals surface area contributed by atoms with Crippen LogP contribution in [-0.4, -0.2) is 68.2 Å². The molecular weight excluding hydrogens is 458 g/mol. The van der Waals surface area contributed by atoms with Crippen LogP contribution in [0.25, 0.3) is 0 Å². The van der Waals surface area contributed by atoms with Gasteiger partial charge in [-0.1, -0.05) is 11.2 Å². The van der Waals surface area contributed by atoms with Gasteiger partial charge in [0, 0.05) is 24.6 Å². The molecule has 2 aliphatic rings. The predicted octanol–water partition coefficient (Wildman–Crippen LogP) is 0.0712. The van der Waals surface area contributed by atoms with Crippen LogP contribution in [0.5, 0.6) is 0 Å². The Kier molecular flexibility index (Phi) is 7.10. The number of fused-ring (bicyclic) bond motifs is 1. The number of amides is 2. The molecule has 0 aliphatic carbocycles. The normalized spacial score (nSPS) is 25.3. The molecule has 11 nitrogen and oxygen atoms in total. The topological polar surface area (TPSA) is 164 Å². The standard InChI is InChI=1S/C16H17N5O6S2.ClH/c1-3-16(14(25)26)5-21-12(24)10(13(21)29-6-16)19-11(23)9(20-27-7(2)22)8-4-28-15(17)18-8;/h3-4,10,13H,1,5-6H2,2H3,(H2,17,18)(H,19,23)(H,25,26);1H/t10?,13-,16?;/m1./s1. The summed E-state index contributed by atoms with van der Waals surface area (Å²) in [5, 5.41) is 16.8. The smallest absolute Gasteiger partial charge is 0.332 e. The molecule has 3 atom stereocenters. The number of β-lactam (4-membered cyclic amide) rings is 1. The molecule has 0 spiro atoms. The Labute approximate surface area is 185 Å². The SMILES string of the molecule is C=CC1(C(=O)O)CS[C@@H]2C(NC(=O)C(=NOC(C)=O)c3csc(N)n3)C(=O)N2C1.Cl. The minimum Gasteiger partial charge on any atom is -0.481 e. The molecule has 0 saturated carbocycles. The lowest BCUT2D eigenvalue weighted by Gasteiger charge is -2.53. The van der Waals surface area contributed by atoms with Gasteiger partial charge in [0.2, 0.25) is 5.91 Å². The number of nitrogens with one attached hydrogen (secondary N) is 1. The van der Waals surface area contributed by atoms with Crippen LogP contribution in [0.4, 0.5) is 5.13 Å². The number of carbonyl (C=O) groups is 4. The van der Waals surface area contributed by atoms with Gasteiger partial charge in [0.25, 0.3) is 5.91 Å². The number of halogens is 1. The zero-order valence-electron chi connectivity index (χ0n) is 15.6. The molecule has 0 aromatic carbocycles. The van der Waals surface area contributed by atoms with Crippen molar-refractivity contribution in [1.82, 2.24) is 15.2 Å². The van der Waals surface area contributed by atoms with Crippen LogP contribution in [-0.2, 0) is 24.0 Å². The number of aromatic nitrogens is 1. The molecule has 30 heavy (non-hydrogen) atoms. The average molecular weight is 476 g/mol. The second-order valence-corrected chi connectivity index (χ2v) is 8.37. The number of carboxylic acids is 1. The summed E-state index contributed by atoms with van der Waals surface area (Å²) in [6.07, 6.45) is 1.33. The zero-order valence-corrected chi connectivity index (χ0v) is 18.0. The number of nitrogens with two attached hydrogens (primary N) is 1. The van der Waals surface area contributed by atoms with E-state index in [9.17, 15) is 24.3 Å². The van der Waals surface area contributed by atoms with E-state index in [0.717, 1.165) is 18.3 Å². The van der Waals surface area contributed by atoms with Crippen molar-refractivity contribution in [3.8, 4) is 0 Å². The van der Waals surface area contributed by atoms with E-state index in [4.69, 9.17) is 5.73 Å². The summed E-state index contributed by atoms with van der Waals surface area (Å²) in [5.41, 5.74) is 4.15. The van der Waals surface area contributed by atoms with Gasteiger partial charge in [-0.25, -0.2) is 9.78 Å². The van der Waals surface area contributed by atoms with Gasteiger partial charge >= 0.3 is 11.9 Å². The Morgan fingerprint density at radius 3 is 2.77 bits per heavy atom. The molecule has 3 rings (SSSR count). The Morgan fingerprint density at radius 1 is 1.53 bits per heavy atom. The Hall–Kier alpha value is -2.64. The van der Waals surface area contributed by atoms with E-state index in [2.05, 4.69) is 26.9 Å². The molecule has 2 unspecified atom stereocenters. The van der Waals surface area contributed by atoms with Crippen molar-refractivity contribution in [3.63, 3.8) is 0 Å². The fourth-order valence-electron chi connectivity index (χ4n) is 2.86. The highest BCUT2D eigenvalue weighted by atomic mass is 35.5. The third-order valence-corrected chi connectivity index (χ3v) is 6.68. The van der Waals surface area contributed by atoms with Gasteiger partial charge in [0.1, 0.15) is 22.5 Å². The van der Waals surface area contributed by atoms with Crippen molar-refractivity contribution >= 4 is 70.1 Å². The largest absolute Gasteiger partial charge is 0.481 e. The lowest BCUT2D eigenvalue weighted by molar-refractivity contribution is -0.156. The van der Waals surface area contributed by atoms with Gasteiger partial charge in [-0.2, -0.15) is 0 Å². The van der Waals surface area contributed by atoms with Gasteiger partial charge < -0.3 is 25.9 Å². The van der Waals surface area contributed by atoms with E-state index in [1.54, 1.807) is 0 Å². The molecule has 2 fully saturated rings. The van der Waals surface area contributed by atoms with Crippen LogP contribution < -0.4 is 11.1 Å². The molecule has 162 valence electrons. The van der Waals surface area contributed by atoms with E-state index >= 15 is 0 Å². The fourth-order valence-corrected chi connectivity index (χ4v) is 4.94. The van der Waals surface area contributed by atoms with E-state index < -0.39 is 40.6 Å². The van der Waals surface area contributed by atoms with Crippen molar-refractivity contribution in [2.45, 2.75) is 18.3 Å². The van der Waals surface area contributed by atoms with E-state index in [1.807, 2.05) is 0 Å². The highest BCUT2D eigenvalue weighted by molar-refractivity contribution is 8.00. The number of anilines is 1. The summed E-state index contributed by atoms with van der Waals surface area (Å²) in [7, 11) is 0. The third-order valence-electron chi connectivity index (χ3n) is 4.45. The summed E-state index contributed by atoms with van der Waals surface area (Å²) >= 11 is 2.30. The summed E-state index contributed by atoms with van der Waals surface area (Å²) < 4.78 is 0. The number of carboxylic acid groups (broad SMARTS) is 1. The molecule has 0 bridgehead atoms. The Morgan fingerprint density at radius 2 is 2.23 bits per heavy atom. The summed E-state index contributed by atoms with van der Waals surface area (Å²) in [6.45, 7) is 4.67. The van der Waals surface area contributed by atoms with Gasteiger partial charge in [-0.05, 0) is 0 Å². The lowest BCUT2D eigenvalue weighted by atomic mass is 9.87. The van der Waals surface area contributed by atoms with Gasteiger partial charge in [0.05, 0.1) is 0 Å².